The van der Waals surface area contributed by atoms with Gasteiger partial charge < -0.3 is 19.8 Å². The van der Waals surface area contributed by atoms with Crippen LogP contribution in [-0.2, 0) is 4.79 Å². The molecule has 3 aromatic carbocycles. The molecule has 6 nitrogen and oxygen atoms in total. The lowest BCUT2D eigenvalue weighted by Gasteiger charge is -2.26. The fraction of sp³-hybridized carbons (Fsp3) is 0.412. The highest BCUT2D eigenvalue weighted by Crippen LogP contribution is 2.39. The predicted molar refractivity (Wildman–Crippen MR) is 167 cm³/mol. The number of carbonyl (C=O) groups is 2. The number of amides is 2. The Bertz CT molecular complexity index is 1340. The minimum absolute atomic E-state index is 0.0171. The molecule has 7 heteroatoms. The Morgan fingerprint density at radius 3 is 2.41 bits per heavy atom. The van der Waals surface area contributed by atoms with E-state index < -0.39 is 6.10 Å². The van der Waals surface area contributed by atoms with E-state index in [0.29, 0.717) is 30.1 Å². The van der Waals surface area contributed by atoms with Crippen molar-refractivity contribution >= 4 is 29.1 Å². The maximum atomic E-state index is 13.8. The van der Waals surface area contributed by atoms with Gasteiger partial charge in [-0.05, 0) is 91.4 Å². The van der Waals surface area contributed by atoms with Crippen LogP contribution >= 0.6 is 11.6 Å². The molecule has 0 spiro atoms. The van der Waals surface area contributed by atoms with Crippen molar-refractivity contribution in [1.82, 2.24) is 9.80 Å². The highest BCUT2D eigenvalue weighted by Gasteiger charge is 2.29. The van der Waals surface area contributed by atoms with Gasteiger partial charge in [0.1, 0.15) is 6.10 Å². The molecule has 4 rings (SSSR count). The first kappa shape index (κ1) is 30.8. The second-order valence-electron chi connectivity index (χ2n) is 10.9. The lowest BCUT2D eigenvalue weighted by atomic mass is 9.90. The van der Waals surface area contributed by atoms with E-state index in [9.17, 15) is 14.7 Å². The Morgan fingerprint density at radius 1 is 1.02 bits per heavy atom. The summed E-state index contributed by atoms with van der Waals surface area (Å²) in [7, 11) is 1.87. The standard InChI is InChI=1S/C34H42ClN3O3/c1-5-37(6-2)21-20-36(4)32(39)22-27-11-9-19-38(31-18-17-28(35)23-30(27)31)34(41)26-15-13-25(14-16-26)33(40)29-12-8-7-10-24(29)3/h7-8,10,12-18,23,27,33,40H,5-6,9,11,19-22H2,1-4H3. The first-order chi connectivity index (χ1) is 19.7. The summed E-state index contributed by atoms with van der Waals surface area (Å²) in [5.74, 6) is -0.0129. The summed E-state index contributed by atoms with van der Waals surface area (Å²) in [6, 6.07) is 20.6. The zero-order valence-corrected chi connectivity index (χ0v) is 25.4. The number of benzene rings is 3. The predicted octanol–water partition coefficient (Wildman–Crippen LogP) is 6.44. The fourth-order valence-electron chi connectivity index (χ4n) is 5.65. The number of aliphatic hydroxyl groups is 1. The molecule has 3 aromatic rings. The molecule has 1 aliphatic rings. The lowest BCUT2D eigenvalue weighted by molar-refractivity contribution is -0.130. The second kappa shape index (κ2) is 14.1. The maximum absolute atomic E-state index is 13.8. The van der Waals surface area contributed by atoms with Crippen LogP contribution in [0.25, 0.3) is 0 Å². The van der Waals surface area contributed by atoms with Crippen molar-refractivity contribution in [2.24, 2.45) is 0 Å². The molecule has 2 amide bonds. The van der Waals surface area contributed by atoms with Crippen molar-refractivity contribution in [2.75, 3.05) is 44.7 Å². The first-order valence-electron chi connectivity index (χ1n) is 14.6. The van der Waals surface area contributed by atoms with Crippen molar-refractivity contribution in [2.45, 2.75) is 52.1 Å². The van der Waals surface area contributed by atoms with Gasteiger partial charge in [0, 0.05) is 49.4 Å². The van der Waals surface area contributed by atoms with Crippen LogP contribution in [0.15, 0.2) is 66.7 Å². The Balaban J connectivity index is 1.52. The highest BCUT2D eigenvalue weighted by molar-refractivity contribution is 6.30. The largest absolute Gasteiger partial charge is 0.384 e. The molecule has 0 aromatic heterocycles. The van der Waals surface area contributed by atoms with Crippen LogP contribution in [0.5, 0.6) is 0 Å². The number of rotatable bonds is 10. The second-order valence-corrected chi connectivity index (χ2v) is 11.4. The van der Waals surface area contributed by atoms with E-state index in [1.807, 2.05) is 78.4 Å². The molecule has 1 aliphatic heterocycles. The number of aliphatic hydroxyl groups excluding tert-OH is 1. The molecule has 2 unspecified atom stereocenters. The smallest absolute Gasteiger partial charge is 0.258 e. The van der Waals surface area contributed by atoms with E-state index in [4.69, 9.17) is 11.6 Å². The zero-order chi connectivity index (χ0) is 29.5. The van der Waals surface area contributed by atoms with Crippen molar-refractivity contribution in [1.29, 1.82) is 0 Å². The number of halogens is 1. The van der Waals surface area contributed by atoms with Gasteiger partial charge in [0.25, 0.3) is 5.91 Å². The molecule has 2 atom stereocenters. The van der Waals surface area contributed by atoms with Gasteiger partial charge >= 0.3 is 0 Å². The van der Waals surface area contributed by atoms with Crippen LogP contribution in [0.4, 0.5) is 5.69 Å². The molecule has 0 radical (unpaired) electrons. The number of aryl methyl sites for hydroxylation is 1. The van der Waals surface area contributed by atoms with Crippen molar-refractivity contribution < 1.29 is 14.7 Å². The maximum Gasteiger partial charge on any atom is 0.258 e. The molecule has 218 valence electrons. The Labute approximate surface area is 249 Å². The summed E-state index contributed by atoms with van der Waals surface area (Å²) in [5, 5.41) is 11.5. The first-order valence-corrected chi connectivity index (χ1v) is 15.0. The Kier molecular flexibility index (Phi) is 10.6. The summed E-state index contributed by atoms with van der Waals surface area (Å²) in [6.45, 7) is 10.3. The summed E-state index contributed by atoms with van der Waals surface area (Å²) < 4.78 is 0. The van der Waals surface area contributed by atoms with E-state index >= 15 is 0 Å². The molecule has 41 heavy (non-hydrogen) atoms. The third-order valence-corrected chi connectivity index (χ3v) is 8.58. The fourth-order valence-corrected chi connectivity index (χ4v) is 5.83. The van der Waals surface area contributed by atoms with E-state index in [1.165, 1.54) is 0 Å². The van der Waals surface area contributed by atoms with Crippen LogP contribution in [-0.4, -0.2) is 66.5 Å². The van der Waals surface area contributed by atoms with Crippen LogP contribution in [0.1, 0.15) is 77.7 Å². The number of anilines is 1. The van der Waals surface area contributed by atoms with Gasteiger partial charge in [-0.25, -0.2) is 0 Å². The highest BCUT2D eigenvalue weighted by atomic mass is 35.5. The van der Waals surface area contributed by atoms with Gasteiger partial charge in [-0.3, -0.25) is 9.59 Å². The minimum atomic E-state index is -0.759. The van der Waals surface area contributed by atoms with E-state index in [2.05, 4.69) is 18.7 Å². The summed E-state index contributed by atoms with van der Waals surface area (Å²) in [6.07, 6.45) is 1.21. The number of hydrogen-bond acceptors (Lipinski definition) is 4. The summed E-state index contributed by atoms with van der Waals surface area (Å²) >= 11 is 6.44. The molecule has 0 saturated carbocycles. The van der Waals surface area contributed by atoms with Crippen LogP contribution in [0.3, 0.4) is 0 Å². The number of carbonyl (C=O) groups excluding carboxylic acids is 2. The van der Waals surface area contributed by atoms with Gasteiger partial charge in [0.2, 0.25) is 5.91 Å². The van der Waals surface area contributed by atoms with Crippen LogP contribution < -0.4 is 4.90 Å². The molecule has 0 bridgehead atoms. The molecule has 0 aliphatic carbocycles. The molecule has 1 N–H and O–H groups in total. The van der Waals surface area contributed by atoms with Crippen molar-refractivity contribution in [3.63, 3.8) is 0 Å². The molecular weight excluding hydrogens is 534 g/mol. The SMILES string of the molecule is CCN(CC)CCN(C)C(=O)CC1CCCN(C(=O)c2ccc(C(O)c3ccccc3C)cc2)c2ccc(Cl)cc21. The quantitative estimate of drug-likeness (QED) is 0.302. The third-order valence-electron chi connectivity index (χ3n) is 8.35. The summed E-state index contributed by atoms with van der Waals surface area (Å²) in [5.41, 5.74) is 4.91. The number of fused-ring (bicyclic) bond motifs is 1. The van der Waals surface area contributed by atoms with Gasteiger partial charge in [0.05, 0.1) is 0 Å². The van der Waals surface area contributed by atoms with E-state index in [0.717, 1.165) is 60.4 Å². The molecule has 0 fully saturated rings. The molecule has 1 heterocycles. The van der Waals surface area contributed by atoms with Gasteiger partial charge in [0.15, 0.2) is 0 Å². The lowest BCUT2D eigenvalue weighted by Crippen LogP contribution is -2.36. The topological polar surface area (TPSA) is 64.1 Å². The normalized spacial score (nSPS) is 15.8. The molecular formula is C34H42ClN3O3. The minimum Gasteiger partial charge on any atom is -0.384 e. The van der Waals surface area contributed by atoms with Gasteiger partial charge in [-0.1, -0.05) is 61.8 Å². The monoisotopic (exact) mass is 575 g/mol. The van der Waals surface area contributed by atoms with E-state index in [-0.39, 0.29) is 17.7 Å². The van der Waals surface area contributed by atoms with Gasteiger partial charge in [-0.15, -0.1) is 0 Å². The van der Waals surface area contributed by atoms with Crippen LogP contribution in [0.2, 0.25) is 5.02 Å². The van der Waals surface area contributed by atoms with E-state index in [1.54, 1.807) is 12.1 Å². The Morgan fingerprint density at radius 2 is 1.73 bits per heavy atom. The molecule has 0 saturated heterocycles. The Hall–Kier alpha value is -3.19. The number of hydrogen-bond donors (Lipinski definition) is 1. The van der Waals surface area contributed by atoms with Crippen molar-refractivity contribution in [3.05, 3.63) is 99.6 Å². The van der Waals surface area contributed by atoms with Gasteiger partial charge in [-0.2, -0.15) is 0 Å². The zero-order valence-electron chi connectivity index (χ0n) is 24.6. The number of likely N-dealkylation sites (N-methyl/N-ethyl adjacent to an activating group) is 2. The van der Waals surface area contributed by atoms with Crippen LogP contribution in [0, 0.1) is 6.92 Å². The average Bonchev–Trinajstić information content (AvgIpc) is 3.16. The summed E-state index contributed by atoms with van der Waals surface area (Å²) in [4.78, 5) is 33.0. The number of nitrogens with zero attached hydrogens (tertiary/aromatic N) is 3. The average molecular weight is 576 g/mol. The third kappa shape index (κ3) is 7.37. The van der Waals surface area contributed by atoms with Crippen molar-refractivity contribution in [3.8, 4) is 0 Å².